The number of anilines is 3. The fraction of sp³-hybridized carbons (Fsp3) is 0.316. The Bertz CT molecular complexity index is 1060. The van der Waals surface area contributed by atoms with Crippen molar-refractivity contribution in [2.75, 3.05) is 28.6 Å². The van der Waals surface area contributed by atoms with Gasteiger partial charge in [0.15, 0.2) is 0 Å². The van der Waals surface area contributed by atoms with Crippen LogP contribution in [0, 0.1) is 6.92 Å². The molecule has 1 atom stereocenters. The predicted octanol–water partition coefficient (Wildman–Crippen LogP) is 2.05. The summed E-state index contributed by atoms with van der Waals surface area (Å²) in [5, 5.41) is 7.96. The molecule has 4 heterocycles. The summed E-state index contributed by atoms with van der Waals surface area (Å²) in [6.07, 6.45) is 3.58. The quantitative estimate of drug-likeness (QED) is 0.722. The summed E-state index contributed by atoms with van der Waals surface area (Å²) in [6.45, 7) is 3.17. The first-order valence-corrected chi connectivity index (χ1v) is 9.22. The molecular formula is C19H19N7O2. The molecule has 28 heavy (non-hydrogen) atoms. The van der Waals surface area contributed by atoms with Crippen LogP contribution in [0.5, 0.6) is 0 Å². The van der Waals surface area contributed by atoms with Gasteiger partial charge in [0.1, 0.15) is 11.4 Å². The Hall–Kier alpha value is -3.49. The van der Waals surface area contributed by atoms with E-state index in [2.05, 4.69) is 25.1 Å². The third kappa shape index (κ3) is 2.67. The van der Waals surface area contributed by atoms with Crippen LogP contribution in [-0.4, -0.2) is 45.2 Å². The van der Waals surface area contributed by atoms with Gasteiger partial charge in [0.25, 0.3) is 5.91 Å². The molecule has 3 aromatic rings. The molecule has 0 bridgehead atoms. The fourth-order valence-corrected chi connectivity index (χ4v) is 3.94. The van der Waals surface area contributed by atoms with Crippen LogP contribution in [0.4, 0.5) is 17.5 Å². The molecule has 1 amide bonds. The first kappa shape index (κ1) is 16.7. The van der Waals surface area contributed by atoms with E-state index >= 15 is 0 Å². The van der Waals surface area contributed by atoms with Crippen LogP contribution in [0.15, 0.2) is 34.9 Å². The highest BCUT2D eigenvalue weighted by Gasteiger charge is 2.37. The molecule has 0 unspecified atom stereocenters. The minimum absolute atomic E-state index is 0.136. The van der Waals surface area contributed by atoms with Crippen LogP contribution >= 0.6 is 0 Å². The summed E-state index contributed by atoms with van der Waals surface area (Å²) in [5.74, 6) is 1.60. The van der Waals surface area contributed by atoms with Crippen molar-refractivity contribution in [2.45, 2.75) is 25.8 Å². The molecule has 1 saturated heterocycles. The average molecular weight is 377 g/mol. The Labute approximate surface area is 161 Å². The van der Waals surface area contributed by atoms with Gasteiger partial charge in [-0.2, -0.15) is 4.98 Å². The topological polar surface area (TPSA) is 114 Å². The zero-order valence-corrected chi connectivity index (χ0v) is 15.4. The van der Waals surface area contributed by atoms with Gasteiger partial charge in [-0.15, -0.1) is 10.2 Å². The Balaban J connectivity index is 1.59. The number of aryl methyl sites for hydroxylation is 1. The number of nitrogen functional groups attached to an aromatic ring is 1. The van der Waals surface area contributed by atoms with Crippen molar-refractivity contribution < 1.29 is 9.21 Å². The van der Waals surface area contributed by atoms with Crippen LogP contribution in [0.1, 0.15) is 29.1 Å². The lowest BCUT2D eigenvalue weighted by molar-refractivity contribution is 0.0988. The minimum atomic E-state index is -0.136. The maximum absolute atomic E-state index is 13.4. The Morgan fingerprint density at radius 2 is 2.18 bits per heavy atom. The molecule has 0 spiro atoms. The van der Waals surface area contributed by atoms with Crippen molar-refractivity contribution in [2.24, 2.45) is 0 Å². The zero-order chi connectivity index (χ0) is 19.3. The first-order valence-electron chi connectivity index (χ1n) is 9.22. The highest BCUT2D eigenvalue weighted by molar-refractivity contribution is 6.10. The maximum Gasteiger partial charge on any atom is 0.263 e. The summed E-state index contributed by atoms with van der Waals surface area (Å²) in [5.41, 5.74) is 7.81. The Morgan fingerprint density at radius 1 is 1.29 bits per heavy atom. The zero-order valence-electron chi connectivity index (χ0n) is 15.4. The van der Waals surface area contributed by atoms with Crippen molar-refractivity contribution in [1.29, 1.82) is 0 Å². The van der Waals surface area contributed by atoms with E-state index in [9.17, 15) is 4.79 Å². The molecule has 2 aliphatic heterocycles. The van der Waals surface area contributed by atoms with Gasteiger partial charge in [-0.25, -0.2) is 4.98 Å². The molecule has 0 saturated carbocycles. The molecule has 0 aliphatic carbocycles. The standard InChI is InChI=1S/C19H19N7O2/c1-11-23-24-17(28-11)12-4-2-5-13(8-12)26-10-14-6-3-7-25(14)16-15(18(26)27)9-21-19(20)22-16/h2,4-5,8-9,14H,3,6-7,10H2,1H3,(H2,20,21,22)/t14-/m0/s1. The molecule has 1 aromatic carbocycles. The van der Waals surface area contributed by atoms with E-state index in [4.69, 9.17) is 10.2 Å². The molecule has 9 heteroatoms. The predicted molar refractivity (Wildman–Crippen MR) is 103 cm³/mol. The summed E-state index contributed by atoms with van der Waals surface area (Å²) in [6, 6.07) is 7.77. The summed E-state index contributed by atoms with van der Waals surface area (Å²) in [7, 11) is 0. The van der Waals surface area contributed by atoms with Crippen LogP contribution in [0.2, 0.25) is 0 Å². The molecule has 9 nitrogen and oxygen atoms in total. The van der Waals surface area contributed by atoms with Gasteiger partial charge >= 0.3 is 0 Å². The van der Waals surface area contributed by atoms with Crippen molar-refractivity contribution in [1.82, 2.24) is 20.2 Å². The van der Waals surface area contributed by atoms with Crippen molar-refractivity contribution >= 4 is 23.4 Å². The van der Waals surface area contributed by atoms with E-state index in [1.165, 1.54) is 6.20 Å². The van der Waals surface area contributed by atoms with Gasteiger partial charge in [0, 0.05) is 43.5 Å². The lowest BCUT2D eigenvalue weighted by Gasteiger charge is -2.27. The number of rotatable bonds is 2. The molecule has 5 rings (SSSR count). The number of hydrogen-bond acceptors (Lipinski definition) is 8. The molecule has 0 radical (unpaired) electrons. The van der Waals surface area contributed by atoms with E-state index in [1.807, 2.05) is 24.3 Å². The number of hydrogen-bond donors (Lipinski definition) is 1. The van der Waals surface area contributed by atoms with Gasteiger partial charge in [-0.05, 0) is 31.0 Å². The fourth-order valence-electron chi connectivity index (χ4n) is 3.94. The van der Waals surface area contributed by atoms with Crippen molar-refractivity contribution in [3.63, 3.8) is 0 Å². The number of fused-ring (bicyclic) bond motifs is 3. The number of amides is 1. The number of aromatic nitrogens is 4. The van der Waals surface area contributed by atoms with Gasteiger partial charge < -0.3 is 20.0 Å². The van der Waals surface area contributed by atoms with Gasteiger partial charge in [0.05, 0.1) is 0 Å². The van der Waals surface area contributed by atoms with E-state index in [-0.39, 0.29) is 17.9 Å². The van der Waals surface area contributed by atoms with E-state index in [0.29, 0.717) is 29.7 Å². The number of carbonyl (C=O) groups is 1. The minimum Gasteiger partial charge on any atom is -0.421 e. The normalized spacial score (nSPS) is 18.8. The van der Waals surface area contributed by atoms with Crippen molar-refractivity contribution in [3.8, 4) is 11.5 Å². The number of carbonyl (C=O) groups excluding carboxylic acids is 1. The van der Waals surface area contributed by atoms with Gasteiger partial charge in [0.2, 0.25) is 17.7 Å². The number of benzene rings is 1. The van der Waals surface area contributed by atoms with Crippen molar-refractivity contribution in [3.05, 3.63) is 41.9 Å². The van der Waals surface area contributed by atoms with Crippen LogP contribution in [-0.2, 0) is 0 Å². The Kier molecular flexibility index (Phi) is 3.75. The summed E-state index contributed by atoms with van der Waals surface area (Å²) in [4.78, 5) is 25.7. The lowest BCUT2D eigenvalue weighted by Crippen LogP contribution is -2.39. The van der Waals surface area contributed by atoms with Crippen LogP contribution in [0.25, 0.3) is 11.5 Å². The van der Waals surface area contributed by atoms with Crippen LogP contribution < -0.4 is 15.5 Å². The van der Waals surface area contributed by atoms with Crippen LogP contribution in [0.3, 0.4) is 0 Å². The van der Waals surface area contributed by atoms with Gasteiger partial charge in [-0.3, -0.25) is 4.79 Å². The SMILES string of the molecule is Cc1nnc(-c2cccc(N3C[C@@H]4CCCN4c4nc(N)ncc4C3=O)c2)o1. The molecule has 142 valence electrons. The van der Waals surface area contributed by atoms with E-state index in [1.54, 1.807) is 11.8 Å². The van der Waals surface area contributed by atoms with E-state index in [0.717, 1.165) is 30.6 Å². The second-order valence-electron chi connectivity index (χ2n) is 7.05. The monoisotopic (exact) mass is 377 g/mol. The summed E-state index contributed by atoms with van der Waals surface area (Å²) >= 11 is 0. The second kappa shape index (κ2) is 6.29. The summed E-state index contributed by atoms with van der Waals surface area (Å²) < 4.78 is 5.53. The lowest BCUT2D eigenvalue weighted by atomic mass is 10.1. The Morgan fingerprint density at radius 3 is 3.00 bits per heavy atom. The van der Waals surface area contributed by atoms with E-state index < -0.39 is 0 Å². The third-order valence-electron chi connectivity index (χ3n) is 5.24. The highest BCUT2D eigenvalue weighted by atomic mass is 16.4. The van der Waals surface area contributed by atoms with Gasteiger partial charge in [-0.1, -0.05) is 6.07 Å². The highest BCUT2D eigenvalue weighted by Crippen LogP contribution is 2.34. The number of nitrogens with two attached hydrogens (primary N) is 1. The largest absolute Gasteiger partial charge is 0.421 e. The molecule has 1 fully saturated rings. The average Bonchev–Trinajstić information content (AvgIpc) is 3.32. The second-order valence-corrected chi connectivity index (χ2v) is 7.05. The molecule has 2 aliphatic rings. The molecular weight excluding hydrogens is 358 g/mol. The number of nitrogens with zero attached hydrogens (tertiary/aromatic N) is 6. The molecule has 2 N–H and O–H groups in total. The maximum atomic E-state index is 13.4. The first-order chi connectivity index (χ1) is 13.6. The smallest absolute Gasteiger partial charge is 0.263 e. The third-order valence-corrected chi connectivity index (χ3v) is 5.24. The molecule has 2 aromatic heterocycles.